The summed E-state index contributed by atoms with van der Waals surface area (Å²) in [7, 11) is 0. The van der Waals surface area contributed by atoms with E-state index in [-0.39, 0.29) is 42.1 Å². The Morgan fingerprint density at radius 1 is 1.32 bits per heavy atom. The third-order valence-corrected chi connectivity index (χ3v) is 9.25. The third-order valence-electron chi connectivity index (χ3n) is 7.63. The Morgan fingerprint density at radius 3 is 2.79 bits per heavy atom. The maximum absolute atomic E-state index is 13.5. The minimum absolute atomic E-state index is 0.00650. The number of hydrogen-bond donors (Lipinski definition) is 2. The topological polar surface area (TPSA) is 132 Å². The van der Waals surface area contributed by atoms with Gasteiger partial charge in [-0.15, -0.1) is 34.5 Å². The zero-order chi connectivity index (χ0) is 26.8. The zero-order valence-electron chi connectivity index (χ0n) is 20.5. The fourth-order valence-electron chi connectivity index (χ4n) is 5.48. The Morgan fingerprint density at radius 2 is 2.11 bits per heavy atom. The number of nitrogens with zero attached hydrogens (tertiary/aromatic N) is 4. The third kappa shape index (κ3) is 4.71. The van der Waals surface area contributed by atoms with E-state index in [1.54, 1.807) is 29.3 Å². The Kier molecular flexibility index (Phi) is 6.27. The molecule has 3 fully saturated rings. The first-order valence-corrected chi connectivity index (χ1v) is 14.1. The maximum Gasteiger partial charge on any atom is 0.269 e. The van der Waals surface area contributed by atoms with Gasteiger partial charge < -0.3 is 20.7 Å². The summed E-state index contributed by atoms with van der Waals surface area (Å²) < 4.78 is 6.48. The molecule has 0 unspecified atom stereocenters. The molecule has 5 atom stereocenters. The van der Waals surface area contributed by atoms with Gasteiger partial charge in [-0.1, -0.05) is 0 Å². The highest BCUT2D eigenvalue weighted by molar-refractivity contribution is 7.09. The molecule has 6 rings (SSSR count). The summed E-state index contributed by atoms with van der Waals surface area (Å²) in [6.07, 6.45) is 3.84. The Hall–Kier alpha value is -2.89. The summed E-state index contributed by atoms with van der Waals surface area (Å²) in [6.45, 7) is 2.05. The molecule has 38 heavy (non-hydrogen) atoms. The van der Waals surface area contributed by atoms with Crippen molar-refractivity contribution < 1.29 is 19.1 Å². The first kappa shape index (κ1) is 25.4. The normalized spacial score (nSPS) is 25.6. The van der Waals surface area contributed by atoms with E-state index < -0.39 is 16.3 Å². The fourth-order valence-corrected chi connectivity index (χ4v) is 6.71. The lowest BCUT2D eigenvalue weighted by Crippen LogP contribution is -2.51. The van der Waals surface area contributed by atoms with Crippen LogP contribution in [-0.2, 0) is 22.7 Å². The van der Waals surface area contributed by atoms with Crippen LogP contribution < -0.4 is 15.8 Å². The first-order valence-electron chi connectivity index (χ1n) is 12.4. The van der Waals surface area contributed by atoms with E-state index in [0.29, 0.717) is 42.0 Å². The Balaban J connectivity index is 1.19. The van der Waals surface area contributed by atoms with Crippen molar-refractivity contribution in [2.75, 3.05) is 0 Å². The van der Waals surface area contributed by atoms with E-state index in [9.17, 15) is 14.4 Å². The van der Waals surface area contributed by atoms with Crippen molar-refractivity contribution in [2.24, 2.45) is 17.6 Å². The van der Waals surface area contributed by atoms with Crippen LogP contribution in [0.1, 0.15) is 41.7 Å². The van der Waals surface area contributed by atoms with Crippen LogP contribution in [0.15, 0.2) is 29.8 Å². The molecular weight excluding hydrogens is 551 g/mol. The molecule has 0 radical (unpaired) electrons. The minimum atomic E-state index is -0.801. The van der Waals surface area contributed by atoms with Gasteiger partial charge in [0, 0.05) is 35.0 Å². The highest BCUT2D eigenvalue weighted by atomic mass is 35.5. The van der Waals surface area contributed by atoms with Gasteiger partial charge in [0.05, 0.1) is 5.52 Å². The molecule has 3 aliphatic rings. The summed E-state index contributed by atoms with van der Waals surface area (Å²) in [5.41, 5.74) is 6.23. The van der Waals surface area contributed by atoms with Crippen LogP contribution in [0.5, 0.6) is 5.75 Å². The largest absolute Gasteiger partial charge is 0.486 e. The molecule has 2 saturated carbocycles. The molecule has 13 heteroatoms. The highest BCUT2D eigenvalue weighted by Crippen LogP contribution is 2.55. The standard InChI is InChI=1S/C25H26Cl2N6O4S/c1-12(16-9-25(16,26)27)30-24(36)19-7-13-6-18(13)33(19)21(34)10-32-17-3-2-14(37-11-20-29-4-5-38-20)8-15(17)22(31-32)23(28)35/h2-5,8,12-13,16,18-19H,6-7,9-11H2,1H3,(H2,28,35)(H,30,36)/t12-,13-,16-,18-,19+/m1/s1. The molecule has 2 aromatic heterocycles. The van der Waals surface area contributed by atoms with Crippen LogP contribution in [0.2, 0.25) is 0 Å². The van der Waals surface area contributed by atoms with Gasteiger partial charge >= 0.3 is 0 Å². The molecule has 1 aliphatic heterocycles. The van der Waals surface area contributed by atoms with E-state index in [1.807, 2.05) is 12.3 Å². The number of rotatable bonds is 9. The Bertz CT molecular complexity index is 1430. The van der Waals surface area contributed by atoms with Crippen LogP contribution in [-0.4, -0.2) is 59.8 Å². The highest BCUT2D eigenvalue weighted by Gasteiger charge is 2.58. The second-order valence-electron chi connectivity index (χ2n) is 10.2. The van der Waals surface area contributed by atoms with E-state index in [0.717, 1.165) is 11.4 Å². The predicted molar refractivity (Wildman–Crippen MR) is 142 cm³/mol. The van der Waals surface area contributed by atoms with Gasteiger partial charge in [-0.3, -0.25) is 19.1 Å². The van der Waals surface area contributed by atoms with Gasteiger partial charge in [0.1, 0.15) is 34.3 Å². The number of nitrogens with two attached hydrogens (primary N) is 1. The number of hydrogen-bond acceptors (Lipinski definition) is 7. The average Bonchev–Trinajstić information content (AvgIpc) is 3.50. The van der Waals surface area contributed by atoms with E-state index in [2.05, 4.69) is 15.4 Å². The van der Waals surface area contributed by atoms with Crippen molar-refractivity contribution in [2.45, 2.75) is 61.8 Å². The van der Waals surface area contributed by atoms with Gasteiger partial charge in [-0.25, -0.2) is 4.98 Å². The molecule has 1 aromatic carbocycles. The van der Waals surface area contributed by atoms with E-state index in [1.165, 1.54) is 16.0 Å². The first-order chi connectivity index (χ1) is 18.1. The Labute approximate surface area is 232 Å². The number of halogens is 2. The summed E-state index contributed by atoms with van der Waals surface area (Å²) in [6, 6.07) is 4.47. The van der Waals surface area contributed by atoms with E-state index >= 15 is 0 Å². The lowest BCUT2D eigenvalue weighted by molar-refractivity contribution is -0.140. The average molecular weight is 577 g/mol. The molecule has 2 aliphatic carbocycles. The summed E-state index contributed by atoms with van der Waals surface area (Å²) >= 11 is 13.8. The summed E-state index contributed by atoms with van der Waals surface area (Å²) in [4.78, 5) is 44.7. The lowest BCUT2D eigenvalue weighted by atomic mass is 10.1. The second kappa shape index (κ2) is 9.39. The molecule has 1 saturated heterocycles. The molecule has 3 aromatic rings. The molecule has 200 valence electrons. The number of carbonyl (C=O) groups excluding carboxylic acids is 3. The summed E-state index contributed by atoms with van der Waals surface area (Å²) in [5.74, 6) is -0.294. The van der Waals surface area contributed by atoms with Crippen molar-refractivity contribution in [3.63, 3.8) is 0 Å². The number of thiazole rings is 1. The number of aromatic nitrogens is 3. The van der Waals surface area contributed by atoms with Gasteiger partial charge in [-0.2, -0.15) is 5.10 Å². The molecule has 0 spiro atoms. The number of nitrogens with one attached hydrogen (secondary N) is 1. The smallest absolute Gasteiger partial charge is 0.269 e. The second-order valence-corrected chi connectivity index (χ2v) is 12.8. The van der Waals surface area contributed by atoms with Gasteiger partial charge in [0.25, 0.3) is 5.91 Å². The molecule has 0 bridgehead atoms. The van der Waals surface area contributed by atoms with Crippen LogP contribution in [0.25, 0.3) is 10.9 Å². The maximum atomic E-state index is 13.5. The van der Waals surface area contributed by atoms with Crippen LogP contribution in [0.4, 0.5) is 0 Å². The number of ether oxygens (including phenoxy) is 1. The SMILES string of the molecule is C[C@@H](NC(=O)[C@@H]1C[C@H]2C[C@H]2N1C(=O)Cn1nc(C(N)=O)c2cc(OCc3nccs3)ccc21)[C@H]1CC1(Cl)Cl. The van der Waals surface area contributed by atoms with E-state index in [4.69, 9.17) is 33.7 Å². The van der Waals surface area contributed by atoms with Crippen LogP contribution >= 0.6 is 34.5 Å². The van der Waals surface area contributed by atoms with Crippen molar-refractivity contribution in [1.29, 1.82) is 0 Å². The molecule has 3 N–H and O–H groups in total. The van der Waals surface area contributed by atoms with Gasteiger partial charge in [0.15, 0.2) is 5.69 Å². The van der Waals surface area contributed by atoms with Crippen molar-refractivity contribution in [3.8, 4) is 5.75 Å². The van der Waals surface area contributed by atoms with Crippen LogP contribution in [0.3, 0.4) is 0 Å². The number of amides is 3. The van der Waals surface area contributed by atoms with Crippen LogP contribution in [0, 0.1) is 11.8 Å². The molecule has 3 heterocycles. The number of likely N-dealkylation sites (tertiary alicyclic amines) is 1. The number of fused-ring (bicyclic) bond motifs is 2. The quantitative estimate of drug-likeness (QED) is 0.376. The number of primary amides is 1. The van der Waals surface area contributed by atoms with Crippen molar-refractivity contribution in [1.82, 2.24) is 25.0 Å². The van der Waals surface area contributed by atoms with Gasteiger partial charge in [0.2, 0.25) is 11.8 Å². The number of piperidine rings is 1. The lowest BCUT2D eigenvalue weighted by Gasteiger charge is -2.28. The van der Waals surface area contributed by atoms with Crippen molar-refractivity contribution in [3.05, 3.63) is 40.5 Å². The zero-order valence-corrected chi connectivity index (χ0v) is 22.8. The van der Waals surface area contributed by atoms with Crippen molar-refractivity contribution >= 4 is 63.2 Å². The molecular formula is C25H26Cl2N6O4S. The van der Waals surface area contributed by atoms with Gasteiger partial charge in [-0.05, 0) is 50.3 Å². The monoisotopic (exact) mass is 576 g/mol. The number of alkyl halides is 2. The minimum Gasteiger partial charge on any atom is -0.486 e. The predicted octanol–water partition coefficient (Wildman–Crippen LogP) is 2.86. The molecule has 10 nitrogen and oxygen atoms in total. The fraction of sp³-hybridized carbons (Fsp3) is 0.480. The summed E-state index contributed by atoms with van der Waals surface area (Å²) in [5, 5.41) is 10.5. The number of carbonyl (C=O) groups is 3. The molecule has 3 amide bonds. The number of benzene rings is 1.